The molecule has 1 fully saturated rings. The van der Waals surface area contributed by atoms with Crippen molar-refractivity contribution in [1.29, 1.82) is 5.26 Å². The molecule has 142 valence electrons. The topological polar surface area (TPSA) is 81.9 Å². The molecule has 1 N–H and O–H groups in total. The summed E-state index contributed by atoms with van der Waals surface area (Å²) in [5.41, 5.74) is 1.97. The summed E-state index contributed by atoms with van der Waals surface area (Å²) >= 11 is 0. The molecule has 1 amide bonds. The second-order valence-electron chi connectivity index (χ2n) is 7.30. The Balaban J connectivity index is 1.99. The van der Waals surface area contributed by atoms with Crippen LogP contribution in [0.2, 0.25) is 0 Å². The zero-order chi connectivity index (χ0) is 19.2. The van der Waals surface area contributed by atoms with Crippen molar-refractivity contribution in [3.05, 3.63) is 30.0 Å². The Kier molecular flexibility index (Phi) is 6.23. The number of benzene rings is 1. The van der Waals surface area contributed by atoms with E-state index in [0.717, 1.165) is 44.3 Å². The van der Waals surface area contributed by atoms with Crippen molar-refractivity contribution in [1.82, 2.24) is 15.3 Å². The normalized spacial score (nSPS) is 16.1. The number of fused-ring (bicyclic) bond motifs is 1. The van der Waals surface area contributed by atoms with Crippen LogP contribution in [0.25, 0.3) is 11.0 Å². The molecule has 2 aromatic rings. The van der Waals surface area contributed by atoms with Gasteiger partial charge in [0, 0.05) is 19.6 Å². The molecule has 2 heterocycles. The van der Waals surface area contributed by atoms with Gasteiger partial charge < -0.3 is 10.2 Å². The van der Waals surface area contributed by atoms with Crippen molar-refractivity contribution in [2.75, 3.05) is 24.5 Å². The molecule has 0 radical (unpaired) electrons. The Labute approximate surface area is 160 Å². The number of rotatable bonds is 6. The molecule has 1 atom stereocenters. The predicted octanol–water partition coefficient (Wildman–Crippen LogP) is 3.39. The zero-order valence-electron chi connectivity index (χ0n) is 16.1. The summed E-state index contributed by atoms with van der Waals surface area (Å²) in [5, 5.41) is 12.6. The van der Waals surface area contributed by atoms with Crippen LogP contribution in [-0.4, -0.2) is 35.5 Å². The van der Waals surface area contributed by atoms with Gasteiger partial charge >= 0.3 is 0 Å². The Hall–Kier alpha value is -2.68. The van der Waals surface area contributed by atoms with Crippen molar-refractivity contribution in [2.24, 2.45) is 5.92 Å². The number of para-hydroxylation sites is 2. The minimum atomic E-state index is -0.951. The maximum absolute atomic E-state index is 12.7. The quantitative estimate of drug-likeness (QED) is 0.794. The molecule has 1 aliphatic heterocycles. The van der Waals surface area contributed by atoms with Gasteiger partial charge in [-0.15, -0.1) is 0 Å². The summed E-state index contributed by atoms with van der Waals surface area (Å²) in [4.78, 5) is 24.3. The van der Waals surface area contributed by atoms with E-state index in [0.29, 0.717) is 29.5 Å². The summed E-state index contributed by atoms with van der Waals surface area (Å²) in [6, 6.07) is 9.77. The smallest absolute Gasteiger partial charge is 0.243 e. The average molecular weight is 365 g/mol. The monoisotopic (exact) mass is 365 g/mol. The Morgan fingerprint density at radius 3 is 2.59 bits per heavy atom. The predicted molar refractivity (Wildman–Crippen MR) is 106 cm³/mol. The number of hydrogen-bond donors (Lipinski definition) is 1. The molecule has 1 aliphatic rings. The first-order valence-electron chi connectivity index (χ1n) is 9.83. The molecule has 0 spiro atoms. The van der Waals surface area contributed by atoms with E-state index < -0.39 is 5.92 Å². The molecule has 6 nitrogen and oxygen atoms in total. The number of carbonyl (C=O) groups is 1. The van der Waals surface area contributed by atoms with E-state index in [1.165, 1.54) is 0 Å². The molecule has 1 aromatic heterocycles. The summed E-state index contributed by atoms with van der Waals surface area (Å²) in [7, 11) is 0. The minimum Gasteiger partial charge on any atom is -0.355 e. The summed E-state index contributed by atoms with van der Waals surface area (Å²) in [6.07, 6.45) is 4.04. The first-order chi connectivity index (χ1) is 13.1. The maximum Gasteiger partial charge on any atom is 0.243 e. The highest BCUT2D eigenvalue weighted by atomic mass is 16.1. The first kappa shape index (κ1) is 19.1. The number of piperidine rings is 1. The maximum atomic E-state index is 12.7. The van der Waals surface area contributed by atoms with Crippen molar-refractivity contribution in [2.45, 2.75) is 45.4 Å². The lowest BCUT2D eigenvalue weighted by Crippen LogP contribution is -2.36. The molecule has 3 rings (SSSR count). The third kappa shape index (κ3) is 4.36. The van der Waals surface area contributed by atoms with Crippen molar-refractivity contribution in [3.63, 3.8) is 0 Å². The molecule has 0 saturated carbocycles. The van der Waals surface area contributed by atoms with Crippen LogP contribution >= 0.6 is 0 Å². The fraction of sp³-hybridized carbons (Fsp3) is 0.524. The second kappa shape index (κ2) is 8.81. The molecule has 0 unspecified atom stereocenters. The van der Waals surface area contributed by atoms with Crippen LogP contribution in [0.5, 0.6) is 0 Å². The number of unbranched alkanes of at least 4 members (excludes halogenated alkanes) is 1. The summed E-state index contributed by atoms with van der Waals surface area (Å²) in [5.74, 6) is 0.121. The Morgan fingerprint density at radius 1 is 1.30 bits per heavy atom. The van der Waals surface area contributed by atoms with Crippen LogP contribution in [0.3, 0.4) is 0 Å². The van der Waals surface area contributed by atoms with Gasteiger partial charge in [0.05, 0.1) is 17.1 Å². The molecule has 27 heavy (non-hydrogen) atoms. The summed E-state index contributed by atoms with van der Waals surface area (Å²) < 4.78 is 0. The molecular weight excluding hydrogens is 338 g/mol. The molecule has 0 bridgehead atoms. The fourth-order valence-electron chi connectivity index (χ4n) is 3.39. The second-order valence-corrected chi connectivity index (χ2v) is 7.30. The SMILES string of the molecule is CCCCNC(=O)[C@H](C#N)c1nc2ccccc2nc1N1CCC(C)CC1. The highest BCUT2D eigenvalue weighted by Crippen LogP contribution is 2.30. The van der Waals surface area contributed by atoms with E-state index in [4.69, 9.17) is 9.97 Å². The number of nitrogens with zero attached hydrogens (tertiary/aromatic N) is 4. The van der Waals surface area contributed by atoms with Crippen LogP contribution in [0.1, 0.15) is 51.1 Å². The van der Waals surface area contributed by atoms with Crippen molar-refractivity contribution in [3.8, 4) is 6.07 Å². The number of anilines is 1. The van der Waals surface area contributed by atoms with Gasteiger partial charge in [-0.05, 0) is 37.3 Å². The molecule has 6 heteroatoms. The molecule has 1 aromatic carbocycles. The van der Waals surface area contributed by atoms with E-state index in [2.05, 4.69) is 30.1 Å². The van der Waals surface area contributed by atoms with E-state index in [1.807, 2.05) is 24.3 Å². The van der Waals surface area contributed by atoms with Gasteiger partial charge in [0.2, 0.25) is 5.91 Å². The third-order valence-electron chi connectivity index (χ3n) is 5.16. The van der Waals surface area contributed by atoms with Gasteiger partial charge in [-0.25, -0.2) is 9.97 Å². The fourth-order valence-corrected chi connectivity index (χ4v) is 3.39. The average Bonchev–Trinajstić information content (AvgIpc) is 2.69. The van der Waals surface area contributed by atoms with Crippen molar-refractivity contribution < 1.29 is 4.79 Å². The number of nitriles is 1. The van der Waals surface area contributed by atoms with Crippen molar-refractivity contribution >= 4 is 22.8 Å². The van der Waals surface area contributed by atoms with Crippen LogP contribution < -0.4 is 10.2 Å². The van der Waals surface area contributed by atoms with E-state index in [1.54, 1.807) is 0 Å². The first-order valence-corrected chi connectivity index (χ1v) is 9.83. The van der Waals surface area contributed by atoms with Gasteiger partial charge in [0.25, 0.3) is 0 Å². The lowest BCUT2D eigenvalue weighted by atomic mass is 9.98. The summed E-state index contributed by atoms with van der Waals surface area (Å²) in [6.45, 7) is 6.64. The lowest BCUT2D eigenvalue weighted by Gasteiger charge is -2.32. The minimum absolute atomic E-state index is 0.290. The van der Waals surface area contributed by atoms with E-state index >= 15 is 0 Å². The Morgan fingerprint density at radius 2 is 1.96 bits per heavy atom. The van der Waals surface area contributed by atoms with E-state index in [9.17, 15) is 10.1 Å². The third-order valence-corrected chi connectivity index (χ3v) is 5.16. The van der Waals surface area contributed by atoms with Crippen LogP contribution in [0.4, 0.5) is 5.82 Å². The van der Waals surface area contributed by atoms with Gasteiger partial charge in [0.1, 0.15) is 5.69 Å². The van der Waals surface area contributed by atoms with Gasteiger partial charge in [0.15, 0.2) is 11.7 Å². The highest BCUT2D eigenvalue weighted by molar-refractivity contribution is 5.88. The number of carbonyl (C=O) groups excluding carboxylic acids is 1. The highest BCUT2D eigenvalue weighted by Gasteiger charge is 2.29. The van der Waals surface area contributed by atoms with Gasteiger partial charge in [-0.1, -0.05) is 32.4 Å². The lowest BCUT2D eigenvalue weighted by molar-refractivity contribution is -0.121. The van der Waals surface area contributed by atoms with Crippen LogP contribution in [0, 0.1) is 17.2 Å². The number of hydrogen-bond acceptors (Lipinski definition) is 5. The number of aromatic nitrogens is 2. The molecular formula is C21H27N5O. The number of amides is 1. The van der Waals surface area contributed by atoms with Crippen LogP contribution in [0.15, 0.2) is 24.3 Å². The largest absolute Gasteiger partial charge is 0.355 e. The molecule has 1 saturated heterocycles. The van der Waals surface area contributed by atoms with E-state index in [-0.39, 0.29) is 5.91 Å². The van der Waals surface area contributed by atoms with Crippen LogP contribution in [-0.2, 0) is 4.79 Å². The Bertz CT molecular complexity index is 836. The molecule has 0 aliphatic carbocycles. The zero-order valence-corrected chi connectivity index (χ0v) is 16.1. The number of nitrogens with one attached hydrogen (secondary N) is 1. The van der Waals surface area contributed by atoms with Gasteiger partial charge in [-0.2, -0.15) is 5.26 Å². The van der Waals surface area contributed by atoms with Gasteiger partial charge in [-0.3, -0.25) is 4.79 Å². The standard InChI is InChI=1S/C21H27N5O/c1-3-4-11-23-21(27)16(14-22)19-20(26-12-9-15(2)10-13-26)25-18-8-6-5-7-17(18)24-19/h5-8,15-16H,3-4,9-13H2,1-2H3,(H,23,27)/t16-/m1/s1.